The van der Waals surface area contributed by atoms with Crippen molar-refractivity contribution in [3.05, 3.63) is 176 Å². The lowest BCUT2D eigenvalue weighted by atomic mass is 10.0. The molecule has 11 aromatic rings. The molecule has 248 valence electrons. The highest BCUT2D eigenvalue weighted by Crippen LogP contribution is 2.39. The van der Waals surface area contributed by atoms with Crippen LogP contribution in [0.25, 0.3) is 100 Å². The highest BCUT2D eigenvalue weighted by Gasteiger charge is 2.22. The lowest BCUT2D eigenvalue weighted by Crippen LogP contribution is -2.03. The van der Waals surface area contributed by atoms with Crippen molar-refractivity contribution < 1.29 is 4.42 Å². The van der Waals surface area contributed by atoms with E-state index in [0.29, 0.717) is 23.1 Å². The van der Waals surface area contributed by atoms with Crippen molar-refractivity contribution in [1.82, 2.24) is 24.1 Å². The molecular weight excluding hydrogens is 651 g/mol. The fraction of sp³-hybridized carbons (Fsp3) is 0. The number of para-hydroxylation sites is 3. The molecule has 6 heteroatoms. The van der Waals surface area contributed by atoms with Gasteiger partial charge in [0.15, 0.2) is 5.52 Å². The monoisotopic (exact) mass is 679 g/mol. The average Bonchev–Trinajstić information content (AvgIpc) is 3.91. The maximum absolute atomic E-state index is 6.37. The van der Waals surface area contributed by atoms with Crippen LogP contribution in [0.3, 0.4) is 0 Å². The van der Waals surface area contributed by atoms with E-state index in [9.17, 15) is 0 Å². The second-order valence-corrected chi connectivity index (χ2v) is 13.3. The van der Waals surface area contributed by atoms with Crippen LogP contribution in [0.15, 0.2) is 180 Å². The van der Waals surface area contributed by atoms with Gasteiger partial charge in [0, 0.05) is 38.4 Å². The van der Waals surface area contributed by atoms with E-state index >= 15 is 0 Å². The second-order valence-electron chi connectivity index (χ2n) is 13.3. The van der Waals surface area contributed by atoms with Crippen LogP contribution in [-0.4, -0.2) is 24.1 Å². The van der Waals surface area contributed by atoms with Crippen LogP contribution in [0.1, 0.15) is 0 Å². The van der Waals surface area contributed by atoms with Gasteiger partial charge in [0.2, 0.25) is 11.8 Å². The van der Waals surface area contributed by atoms with Crippen LogP contribution < -0.4 is 0 Å². The van der Waals surface area contributed by atoms with Crippen molar-refractivity contribution in [2.24, 2.45) is 0 Å². The third kappa shape index (κ3) is 4.63. The smallest absolute Gasteiger partial charge is 0.252 e. The van der Waals surface area contributed by atoms with Crippen molar-refractivity contribution in [2.45, 2.75) is 0 Å². The predicted molar refractivity (Wildman–Crippen MR) is 215 cm³/mol. The van der Waals surface area contributed by atoms with Crippen LogP contribution in [0.2, 0.25) is 0 Å². The molecule has 0 bridgehead atoms. The third-order valence-corrected chi connectivity index (χ3v) is 10.2. The Morgan fingerprint density at radius 2 is 0.887 bits per heavy atom. The van der Waals surface area contributed by atoms with E-state index in [1.54, 1.807) is 0 Å². The number of benzene rings is 7. The zero-order valence-electron chi connectivity index (χ0n) is 28.4. The molecule has 0 aliphatic rings. The first-order valence-electron chi connectivity index (χ1n) is 17.7. The molecule has 0 fully saturated rings. The third-order valence-electron chi connectivity index (χ3n) is 10.2. The van der Waals surface area contributed by atoms with E-state index in [0.717, 1.165) is 55.4 Å². The summed E-state index contributed by atoms with van der Waals surface area (Å²) in [6, 6.07) is 61.2. The summed E-state index contributed by atoms with van der Waals surface area (Å²) in [6.07, 6.45) is 0. The number of oxazole rings is 1. The first kappa shape index (κ1) is 29.4. The Hall–Kier alpha value is -7.31. The van der Waals surface area contributed by atoms with Gasteiger partial charge in [-0.1, -0.05) is 115 Å². The zero-order valence-corrected chi connectivity index (χ0v) is 28.4. The summed E-state index contributed by atoms with van der Waals surface area (Å²) in [5, 5.41) is 4.70. The summed E-state index contributed by atoms with van der Waals surface area (Å²) in [5.41, 5.74) is 11.5. The molecule has 0 saturated carbocycles. The molecule has 7 aromatic carbocycles. The molecule has 0 amide bonds. The van der Waals surface area contributed by atoms with Crippen molar-refractivity contribution in [1.29, 1.82) is 0 Å². The Morgan fingerprint density at radius 3 is 1.53 bits per heavy atom. The molecule has 0 saturated heterocycles. The molecule has 6 nitrogen and oxygen atoms in total. The SMILES string of the molecule is c1ccc(-c2nc3c(-c4ccccc4)nc(-n4c5ccccc5c5cc(-c6ccc7c(c6)c6ccccc6n7-c6ccccc6)ccc54)nc3o2)cc1. The van der Waals surface area contributed by atoms with Gasteiger partial charge in [0.25, 0.3) is 5.71 Å². The molecule has 0 aliphatic heterocycles. The van der Waals surface area contributed by atoms with E-state index in [1.165, 1.54) is 21.8 Å². The van der Waals surface area contributed by atoms with Crippen molar-refractivity contribution in [3.8, 4) is 45.5 Å². The molecule has 0 radical (unpaired) electrons. The number of hydrogen-bond donors (Lipinski definition) is 0. The van der Waals surface area contributed by atoms with Crippen molar-refractivity contribution in [3.63, 3.8) is 0 Å². The van der Waals surface area contributed by atoms with Crippen LogP contribution in [-0.2, 0) is 0 Å². The Balaban J connectivity index is 1.11. The van der Waals surface area contributed by atoms with Crippen LogP contribution in [0, 0.1) is 0 Å². The van der Waals surface area contributed by atoms with E-state index in [4.69, 9.17) is 19.4 Å². The van der Waals surface area contributed by atoms with E-state index in [-0.39, 0.29) is 0 Å². The van der Waals surface area contributed by atoms with Gasteiger partial charge < -0.3 is 8.98 Å². The maximum atomic E-state index is 6.37. The summed E-state index contributed by atoms with van der Waals surface area (Å²) in [5.74, 6) is 1.04. The summed E-state index contributed by atoms with van der Waals surface area (Å²) in [6.45, 7) is 0. The molecule has 0 atom stereocenters. The fourth-order valence-electron chi connectivity index (χ4n) is 7.79. The first-order chi connectivity index (χ1) is 26.3. The van der Waals surface area contributed by atoms with Gasteiger partial charge in [0.1, 0.15) is 5.69 Å². The average molecular weight is 680 g/mol. The van der Waals surface area contributed by atoms with E-state index < -0.39 is 0 Å². The molecule has 0 unspecified atom stereocenters. The molecule has 53 heavy (non-hydrogen) atoms. The summed E-state index contributed by atoms with van der Waals surface area (Å²) < 4.78 is 10.9. The first-order valence-corrected chi connectivity index (χ1v) is 17.7. The summed E-state index contributed by atoms with van der Waals surface area (Å²) in [7, 11) is 0. The molecule has 0 spiro atoms. The van der Waals surface area contributed by atoms with Gasteiger partial charge in [-0.15, -0.1) is 0 Å². The largest absolute Gasteiger partial charge is 0.417 e. The highest BCUT2D eigenvalue weighted by atomic mass is 16.4. The Labute approximate surface area is 303 Å². The van der Waals surface area contributed by atoms with Gasteiger partial charge in [-0.2, -0.15) is 4.98 Å². The molecule has 0 aliphatic carbocycles. The zero-order chi connectivity index (χ0) is 34.9. The minimum atomic E-state index is 0.443. The molecular formula is C47H29N5O. The van der Waals surface area contributed by atoms with Crippen LogP contribution >= 0.6 is 0 Å². The fourth-order valence-corrected chi connectivity index (χ4v) is 7.79. The number of nitrogens with zero attached hydrogens (tertiary/aromatic N) is 5. The van der Waals surface area contributed by atoms with Crippen molar-refractivity contribution >= 4 is 54.8 Å². The standard InChI is InChI=1S/C47H29N5O/c1-4-14-30(15-5-1)43-44-46(53-45(48-44)31-16-6-2-7-17-31)50-47(49-43)52-40-23-13-11-21-36(40)38-29-33(25-27-42(38)52)32-24-26-41-37(28-32)35-20-10-12-22-39(35)51(41)34-18-8-3-9-19-34/h1-29H. The number of fused-ring (bicyclic) bond motifs is 7. The maximum Gasteiger partial charge on any atom is 0.252 e. The lowest BCUT2D eigenvalue weighted by molar-refractivity contribution is 0.606. The molecule has 4 aromatic heterocycles. The second kappa shape index (κ2) is 11.6. The highest BCUT2D eigenvalue weighted by molar-refractivity contribution is 6.12. The summed E-state index contributed by atoms with van der Waals surface area (Å²) >= 11 is 0. The van der Waals surface area contributed by atoms with Crippen LogP contribution in [0.5, 0.6) is 0 Å². The minimum absolute atomic E-state index is 0.443. The van der Waals surface area contributed by atoms with Gasteiger partial charge in [-0.05, 0) is 71.8 Å². The molecule has 4 heterocycles. The Morgan fingerprint density at radius 1 is 0.377 bits per heavy atom. The summed E-state index contributed by atoms with van der Waals surface area (Å²) in [4.78, 5) is 15.2. The number of aromatic nitrogens is 5. The Bertz CT molecular complexity index is 3160. The molecule has 11 rings (SSSR count). The molecule has 0 N–H and O–H groups in total. The minimum Gasteiger partial charge on any atom is -0.417 e. The quantitative estimate of drug-likeness (QED) is 0.182. The van der Waals surface area contributed by atoms with Crippen molar-refractivity contribution in [2.75, 3.05) is 0 Å². The Kier molecular flexibility index (Phi) is 6.45. The lowest BCUT2D eigenvalue weighted by Gasteiger charge is -2.09. The number of rotatable bonds is 5. The van der Waals surface area contributed by atoms with Crippen LogP contribution in [0.4, 0.5) is 0 Å². The predicted octanol–water partition coefficient (Wildman–Crippen LogP) is 11.8. The van der Waals surface area contributed by atoms with E-state index in [2.05, 4.69) is 137 Å². The number of hydrogen-bond acceptors (Lipinski definition) is 4. The topological polar surface area (TPSA) is 61.7 Å². The van der Waals surface area contributed by atoms with E-state index in [1.807, 2.05) is 48.5 Å². The van der Waals surface area contributed by atoms with Gasteiger partial charge in [-0.3, -0.25) is 4.57 Å². The van der Waals surface area contributed by atoms with Gasteiger partial charge in [0.05, 0.1) is 22.1 Å². The normalized spacial score (nSPS) is 11.8. The van der Waals surface area contributed by atoms with Gasteiger partial charge >= 0.3 is 0 Å². The van der Waals surface area contributed by atoms with Gasteiger partial charge in [-0.25, -0.2) is 9.97 Å².